The first kappa shape index (κ1) is 35.3. The zero-order valence-corrected chi connectivity index (χ0v) is 29.8. The Kier molecular flexibility index (Phi) is 9.43. The average molecular weight is 711 g/mol. The van der Waals surface area contributed by atoms with Crippen molar-refractivity contribution >= 4 is 40.7 Å². The predicted molar refractivity (Wildman–Crippen MR) is 204 cm³/mol. The number of carbonyl (C=O) groups excluding carboxylic acids is 2. The molecule has 1 fully saturated rings. The molecule has 2 N–H and O–H groups in total. The molecule has 0 aliphatic heterocycles. The van der Waals surface area contributed by atoms with Crippen molar-refractivity contribution in [1.29, 1.82) is 0 Å². The monoisotopic (exact) mass is 710 g/mol. The summed E-state index contributed by atoms with van der Waals surface area (Å²) < 4.78 is 37.4. The molecule has 0 bridgehead atoms. The molecule has 7 rings (SSSR count). The smallest absolute Gasteiger partial charge is 0.407 e. The van der Waals surface area contributed by atoms with Gasteiger partial charge in [-0.05, 0) is 80.1 Å². The number of benzene rings is 5. The van der Waals surface area contributed by atoms with Crippen LogP contribution in [0.15, 0.2) is 127 Å². The van der Waals surface area contributed by atoms with E-state index in [0.29, 0.717) is 29.4 Å². The van der Waals surface area contributed by atoms with Crippen LogP contribution in [0.5, 0.6) is 0 Å². The molecule has 0 unspecified atom stereocenters. The molecule has 1 heterocycles. The third-order valence-electron chi connectivity index (χ3n) is 9.55. The molecule has 1 aliphatic rings. The lowest BCUT2D eigenvalue weighted by Gasteiger charge is -2.37. The Hall–Kier alpha value is -6.09. The highest BCUT2D eigenvalue weighted by molar-refractivity contribution is 6.01. The van der Waals surface area contributed by atoms with Gasteiger partial charge < -0.3 is 15.4 Å². The minimum atomic E-state index is -1.05. The van der Waals surface area contributed by atoms with Gasteiger partial charge >= 0.3 is 6.09 Å². The quantitative estimate of drug-likeness (QED) is 0.139. The summed E-state index contributed by atoms with van der Waals surface area (Å²) in [5, 5.41) is 11.3. The number of ether oxygens (including phenoxy) is 1. The summed E-state index contributed by atoms with van der Waals surface area (Å²) >= 11 is 0. The van der Waals surface area contributed by atoms with Crippen molar-refractivity contribution in [3.63, 3.8) is 0 Å². The van der Waals surface area contributed by atoms with Crippen molar-refractivity contribution in [3.05, 3.63) is 167 Å². The third kappa shape index (κ3) is 7.20. The summed E-state index contributed by atoms with van der Waals surface area (Å²) in [4.78, 5) is 26.1. The number of hydrogen-bond acceptors (Lipinski definition) is 4. The molecule has 0 atom stereocenters. The first-order chi connectivity index (χ1) is 25.5. The molecule has 0 radical (unpaired) electrons. The van der Waals surface area contributed by atoms with E-state index in [9.17, 15) is 14.0 Å². The van der Waals surface area contributed by atoms with E-state index in [1.807, 2.05) is 108 Å². The van der Waals surface area contributed by atoms with Gasteiger partial charge in [0, 0.05) is 18.0 Å². The minimum absolute atomic E-state index is 0.00763. The highest BCUT2D eigenvalue weighted by atomic mass is 19.1. The Morgan fingerprint density at radius 3 is 1.85 bits per heavy atom. The summed E-state index contributed by atoms with van der Waals surface area (Å²) in [6.07, 6.45) is 4.09. The summed E-state index contributed by atoms with van der Waals surface area (Å²) in [7, 11) is 0. The second kappa shape index (κ2) is 14.1. The Morgan fingerprint density at radius 2 is 1.34 bits per heavy atom. The summed E-state index contributed by atoms with van der Waals surface area (Å²) in [5.41, 5.74) is 1.84. The fraction of sp³-hybridized carbons (Fsp3) is 0.205. The first-order valence-electron chi connectivity index (χ1n) is 17.6. The molecule has 5 aromatic carbocycles. The number of nitrogens with zero attached hydrogens (tertiary/aromatic N) is 2. The van der Waals surface area contributed by atoms with Crippen LogP contribution in [0.4, 0.5) is 19.3 Å². The largest absolute Gasteiger partial charge is 0.444 e. The van der Waals surface area contributed by atoms with Crippen molar-refractivity contribution in [2.24, 2.45) is 5.41 Å². The van der Waals surface area contributed by atoms with Crippen molar-refractivity contribution < 1.29 is 23.1 Å². The molecular formula is C44H40F2N4O3. The Balaban J connectivity index is 1.38. The lowest BCUT2D eigenvalue weighted by Crippen LogP contribution is -2.39. The lowest BCUT2D eigenvalue weighted by atomic mass is 9.77. The van der Waals surface area contributed by atoms with Gasteiger partial charge in [-0.15, -0.1) is 0 Å². The molecule has 2 amide bonds. The topological polar surface area (TPSA) is 85.2 Å². The highest BCUT2D eigenvalue weighted by Gasteiger charge is 2.50. The predicted octanol–water partition coefficient (Wildman–Crippen LogP) is 9.57. The first-order valence-corrected chi connectivity index (χ1v) is 17.6. The molecule has 53 heavy (non-hydrogen) atoms. The van der Waals surface area contributed by atoms with Crippen LogP contribution in [0, 0.1) is 17.0 Å². The second-order valence-corrected chi connectivity index (χ2v) is 14.4. The maximum absolute atomic E-state index is 16.5. The number of amides is 2. The van der Waals surface area contributed by atoms with Crippen molar-refractivity contribution in [2.45, 2.75) is 44.8 Å². The number of hydrogen-bond donors (Lipinski definition) is 2. The highest BCUT2D eigenvalue weighted by Crippen LogP contribution is 2.47. The maximum Gasteiger partial charge on any atom is 0.407 e. The van der Waals surface area contributed by atoms with E-state index >= 15 is 4.39 Å². The molecule has 9 heteroatoms. The van der Waals surface area contributed by atoms with E-state index in [-0.39, 0.29) is 18.0 Å². The van der Waals surface area contributed by atoms with Gasteiger partial charge in [-0.2, -0.15) is 5.10 Å². The Morgan fingerprint density at radius 1 is 0.792 bits per heavy atom. The summed E-state index contributed by atoms with van der Waals surface area (Å²) in [5.74, 6) is -1.38. The number of halogens is 2. The fourth-order valence-electron chi connectivity index (χ4n) is 6.73. The van der Waals surface area contributed by atoms with Gasteiger partial charge in [-0.3, -0.25) is 4.79 Å². The molecular weight excluding hydrogens is 671 g/mol. The zero-order valence-electron chi connectivity index (χ0n) is 29.8. The van der Waals surface area contributed by atoms with Crippen molar-refractivity contribution in [2.75, 3.05) is 11.9 Å². The van der Waals surface area contributed by atoms with Gasteiger partial charge in [0.2, 0.25) is 5.91 Å². The van der Waals surface area contributed by atoms with Gasteiger partial charge in [0.1, 0.15) is 22.8 Å². The van der Waals surface area contributed by atoms with Crippen LogP contribution in [0.1, 0.15) is 61.6 Å². The van der Waals surface area contributed by atoms with Crippen molar-refractivity contribution in [1.82, 2.24) is 15.1 Å². The number of carbonyl (C=O) groups is 2. The maximum atomic E-state index is 16.5. The van der Waals surface area contributed by atoms with E-state index in [0.717, 1.165) is 22.3 Å². The van der Waals surface area contributed by atoms with Crippen LogP contribution in [0.25, 0.3) is 23.1 Å². The van der Waals surface area contributed by atoms with Crippen LogP contribution >= 0.6 is 0 Å². The second-order valence-electron chi connectivity index (χ2n) is 14.4. The SMILES string of the molecule is CC(C)(C)OC(=O)NCC1(C(=O)Nc2cc3c(/C=C/c4ccc(F)cc4)nn(C(c4ccccc4)(c4ccccc4)c4ccccc4)c3cc2F)CC1. The molecule has 7 nitrogen and oxygen atoms in total. The van der Waals surface area contributed by atoms with E-state index in [2.05, 4.69) is 10.6 Å². The molecule has 268 valence electrons. The van der Waals surface area contributed by atoms with E-state index < -0.39 is 34.4 Å². The molecule has 0 spiro atoms. The van der Waals surface area contributed by atoms with Gasteiger partial charge in [-0.1, -0.05) is 109 Å². The number of fused-ring (bicyclic) bond motifs is 1. The number of rotatable bonds is 10. The molecule has 1 aliphatic carbocycles. The van der Waals surface area contributed by atoms with Gasteiger partial charge in [0.05, 0.1) is 22.3 Å². The van der Waals surface area contributed by atoms with Crippen LogP contribution in [0.2, 0.25) is 0 Å². The van der Waals surface area contributed by atoms with E-state index in [1.54, 1.807) is 39.0 Å². The molecule has 6 aromatic rings. The number of nitrogens with one attached hydrogen (secondary N) is 2. The third-order valence-corrected chi connectivity index (χ3v) is 9.55. The van der Waals surface area contributed by atoms with Gasteiger partial charge in [-0.25, -0.2) is 18.3 Å². The van der Waals surface area contributed by atoms with Crippen LogP contribution in [-0.2, 0) is 15.1 Å². The normalized spacial score (nSPS) is 13.9. The number of anilines is 1. The standard InChI is InChI=1S/C44H40F2N4O3/c1-42(2,3)53-41(52)47-29-43(25-26-43)40(51)48-38-27-35-37(24-21-30-19-22-34(45)23-20-30)49-50(39(35)28-36(38)46)44(31-13-7-4-8-14-31,32-15-9-5-10-16-32)33-17-11-6-12-18-33/h4-24,27-28H,25-26,29H2,1-3H3,(H,47,52)(H,48,51)/b24-21+. The fourth-order valence-corrected chi connectivity index (χ4v) is 6.73. The Labute approximate surface area is 307 Å². The van der Waals surface area contributed by atoms with Crippen LogP contribution < -0.4 is 10.6 Å². The summed E-state index contributed by atoms with van der Waals surface area (Å²) in [6.45, 7) is 5.36. The average Bonchev–Trinajstić information content (AvgIpc) is 3.88. The van der Waals surface area contributed by atoms with Gasteiger partial charge in [0.25, 0.3) is 0 Å². The number of alkyl carbamates (subject to hydrolysis) is 1. The van der Waals surface area contributed by atoms with Crippen molar-refractivity contribution in [3.8, 4) is 0 Å². The zero-order chi connectivity index (χ0) is 37.2. The molecule has 1 saturated carbocycles. The minimum Gasteiger partial charge on any atom is -0.444 e. The number of aromatic nitrogens is 2. The van der Waals surface area contributed by atoms with E-state index in [4.69, 9.17) is 9.84 Å². The van der Waals surface area contributed by atoms with Crippen LogP contribution in [-0.4, -0.2) is 33.9 Å². The molecule has 0 saturated heterocycles. The molecule has 1 aromatic heterocycles. The van der Waals surface area contributed by atoms with E-state index in [1.165, 1.54) is 18.2 Å². The summed E-state index contributed by atoms with van der Waals surface area (Å²) in [6, 6.07) is 39.0. The lowest BCUT2D eigenvalue weighted by molar-refractivity contribution is -0.121. The van der Waals surface area contributed by atoms with Gasteiger partial charge in [0.15, 0.2) is 0 Å². The Bertz CT molecular complexity index is 2180. The van der Waals surface area contributed by atoms with Crippen LogP contribution in [0.3, 0.4) is 0 Å².